The standard InChI is InChI=1S/C27H22F3N3O3/c1-17-6-3-11-24(18(17)2)33-25(34)16-36-23-10-4-7-19(13-23)12-20(15-31)26(35)32-22-9-5-8-21(14-22)27(28,29)30/h3-14H,16H2,1-2H3,(H,32,35)(H,33,34)/b20-12+. The van der Waals surface area contributed by atoms with Gasteiger partial charge in [0, 0.05) is 11.4 Å². The summed E-state index contributed by atoms with van der Waals surface area (Å²) in [4.78, 5) is 24.8. The maximum absolute atomic E-state index is 12.9. The van der Waals surface area contributed by atoms with Gasteiger partial charge in [0.1, 0.15) is 17.4 Å². The molecule has 0 bridgehead atoms. The van der Waals surface area contributed by atoms with E-state index in [0.29, 0.717) is 17.0 Å². The number of benzene rings is 3. The van der Waals surface area contributed by atoms with Crippen molar-refractivity contribution in [2.45, 2.75) is 20.0 Å². The van der Waals surface area contributed by atoms with Crippen LogP contribution < -0.4 is 15.4 Å². The minimum absolute atomic E-state index is 0.0945. The van der Waals surface area contributed by atoms with E-state index in [1.54, 1.807) is 30.3 Å². The van der Waals surface area contributed by atoms with Crippen molar-refractivity contribution in [2.24, 2.45) is 0 Å². The van der Waals surface area contributed by atoms with Crippen molar-refractivity contribution in [2.75, 3.05) is 17.2 Å². The fourth-order valence-electron chi connectivity index (χ4n) is 3.20. The number of hydrogen-bond donors (Lipinski definition) is 2. The Morgan fingerprint density at radius 2 is 1.72 bits per heavy atom. The SMILES string of the molecule is Cc1cccc(NC(=O)COc2cccc(/C=C(\C#N)C(=O)Nc3cccc(C(F)(F)F)c3)c2)c1C. The average molecular weight is 493 g/mol. The van der Waals surface area contributed by atoms with Crippen LogP contribution in [0.5, 0.6) is 5.75 Å². The summed E-state index contributed by atoms with van der Waals surface area (Å²) >= 11 is 0. The highest BCUT2D eigenvalue weighted by Gasteiger charge is 2.30. The van der Waals surface area contributed by atoms with Gasteiger partial charge in [-0.1, -0.05) is 30.3 Å². The number of nitrogens with zero attached hydrogens (tertiary/aromatic N) is 1. The first-order valence-corrected chi connectivity index (χ1v) is 10.8. The molecule has 0 atom stereocenters. The Bertz CT molecular complexity index is 1360. The number of nitriles is 1. The molecule has 9 heteroatoms. The molecule has 0 aliphatic carbocycles. The Balaban J connectivity index is 1.66. The molecule has 6 nitrogen and oxygen atoms in total. The second kappa shape index (κ2) is 11.2. The summed E-state index contributed by atoms with van der Waals surface area (Å²) < 4.78 is 44.2. The van der Waals surface area contributed by atoms with Gasteiger partial charge in [-0.25, -0.2) is 0 Å². The molecule has 0 aliphatic rings. The van der Waals surface area contributed by atoms with E-state index in [0.717, 1.165) is 29.3 Å². The molecule has 3 aromatic carbocycles. The Morgan fingerprint density at radius 1 is 1.00 bits per heavy atom. The van der Waals surface area contributed by atoms with Crippen LogP contribution in [0.2, 0.25) is 0 Å². The van der Waals surface area contributed by atoms with Crippen molar-refractivity contribution < 1.29 is 27.5 Å². The third-order valence-corrected chi connectivity index (χ3v) is 5.23. The molecule has 0 spiro atoms. The molecule has 0 aliphatic heterocycles. The third kappa shape index (κ3) is 6.96. The van der Waals surface area contributed by atoms with Crippen LogP contribution in [-0.2, 0) is 15.8 Å². The van der Waals surface area contributed by atoms with Crippen LogP contribution in [0.3, 0.4) is 0 Å². The summed E-state index contributed by atoms with van der Waals surface area (Å²) in [6, 6.07) is 17.8. The molecule has 0 fully saturated rings. The highest BCUT2D eigenvalue weighted by molar-refractivity contribution is 6.09. The Kier molecular flexibility index (Phi) is 8.12. The first-order chi connectivity index (χ1) is 17.1. The molecule has 3 aromatic rings. The lowest BCUT2D eigenvalue weighted by atomic mass is 10.1. The molecule has 0 heterocycles. The number of carbonyl (C=O) groups is 2. The molecule has 0 saturated carbocycles. The summed E-state index contributed by atoms with van der Waals surface area (Å²) in [7, 11) is 0. The number of rotatable bonds is 7. The quantitative estimate of drug-likeness (QED) is 0.317. The summed E-state index contributed by atoms with van der Waals surface area (Å²) in [5.74, 6) is -0.894. The molecule has 0 unspecified atom stereocenters. The number of amides is 2. The molecule has 36 heavy (non-hydrogen) atoms. The number of aryl methyl sites for hydroxylation is 1. The average Bonchev–Trinajstić information content (AvgIpc) is 2.84. The molecular formula is C27H22F3N3O3. The van der Waals surface area contributed by atoms with E-state index in [2.05, 4.69) is 10.6 Å². The molecule has 0 radical (unpaired) electrons. The zero-order valence-electron chi connectivity index (χ0n) is 19.4. The first kappa shape index (κ1) is 26.0. The topological polar surface area (TPSA) is 91.2 Å². The van der Waals surface area contributed by atoms with Crippen LogP contribution >= 0.6 is 0 Å². The normalized spacial score (nSPS) is 11.4. The fraction of sp³-hybridized carbons (Fsp3) is 0.148. The minimum atomic E-state index is -4.56. The van der Waals surface area contributed by atoms with Crippen LogP contribution in [0.1, 0.15) is 22.3 Å². The van der Waals surface area contributed by atoms with Gasteiger partial charge in [0.25, 0.3) is 11.8 Å². The zero-order chi connectivity index (χ0) is 26.3. The highest BCUT2D eigenvalue weighted by atomic mass is 19.4. The predicted octanol–water partition coefficient (Wildman–Crippen LogP) is 5.89. The second-order valence-corrected chi connectivity index (χ2v) is 7.86. The van der Waals surface area contributed by atoms with Crippen LogP contribution in [0.25, 0.3) is 6.08 Å². The molecule has 2 amide bonds. The Hall–Kier alpha value is -4.58. The lowest BCUT2D eigenvalue weighted by molar-refractivity contribution is -0.137. The lowest BCUT2D eigenvalue weighted by Gasteiger charge is -2.11. The molecule has 184 valence electrons. The van der Waals surface area contributed by atoms with Gasteiger partial charge < -0.3 is 15.4 Å². The van der Waals surface area contributed by atoms with Gasteiger partial charge in [0.2, 0.25) is 0 Å². The molecule has 0 saturated heterocycles. The van der Waals surface area contributed by atoms with Crippen molar-refractivity contribution in [3.8, 4) is 11.8 Å². The summed E-state index contributed by atoms with van der Waals surface area (Å²) in [6.07, 6.45) is -3.29. The Labute approximate surface area is 206 Å². The maximum Gasteiger partial charge on any atom is 0.416 e. The van der Waals surface area contributed by atoms with Gasteiger partial charge in [0.05, 0.1) is 5.56 Å². The number of nitrogens with one attached hydrogen (secondary N) is 2. The smallest absolute Gasteiger partial charge is 0.416 e. The van der Waals surface area contributed by atoms with E-state index in [1.807, 2.05) is 26.0 Å². The number of hydrogen-bond acceptors (Lipinski definition) is 4. The fourth-order valence-corrected chi connectivity index (χ4v) is 3.20. The number of ether oxygens (including phenoxy) is 1. The van der Waals surface area contributed by atoms with Gasteiger partial charge in [-0.15, -0.1) is 0 Å². The summed E-state index contributed by atoms with van der Waals surface area (Å²) in [5.41, 5.74) is 1.77. The van der Waals surface area contributed by atoms with Crippen LogP contribution in [0.15, 0.2) is 72.3 Å². The van der Waals surface area contributed by atoms with Gasteiger partial charge in [-0.05, 0) is 73.0 Å². The van der Waals surface area contributed by atoms with E-state index in [1.165, 1.54) is 18.2 Å². The Morgan fingerprint density at radius 3 is 2.44 bits per heavy atom. The van der Waals surface area contributed by atoms with Crippen molar-refractivity contribution in [3.63, 3.8) is 0 Å². The van der Waals surface area contributed by atoms with E-state index in [-0.39, 0.29) is 23.8 Å². The molecular weight excluding hydrogens is 471 g/mol. The highest BCUT2D eigenvalue weighted by Crippen LogP contribution is 2.30. The van der Waals surface area contributed by atoms with Crippen LogP contribution in [0.4, 0.5) is 24.5 Å². The summed E-state index contributed by atoms with van der Waals surface area (Å²) in [5, 5.41) is 14.5. The minimum Gasteiger partial charge on any atom is -0.484 e. The van der Waals surface area contributed by atoms with Crippen molar-refractivity contribution in [3.05, 3.63) is 94.6 Å². The lowest BCUT2D eigenvalue weighted by Crippen LogP contribution is -2.20. The monoisotopic (exact) mass is 493 g/mol. The maximum atomic E-state index is 12.9. The van der Waals surface area contributed by atoms with E-state index >= 15 is 0 Å². The molecule has 2 N–H and O–H groups in total. The molecule has 0 aromatic heterocycles. The predicted molar refractivity (Wildman–Crippen MR) is 130 cm³/mol. The van der Waals surface area contributed by atoms with E-state index in [4.69, 9.17) is 4.74 Å². The van der Waals surface area contributed by atoms with Crippen molar-refractivity contribution in [1.82, 2.24) is 0 Å². The van der Waals surface area contributed by atoms with Crippen molar-refractivity contribution in [1.29, 1.82) is 5.26 Å². The summed E-state index contributed by atoms with van der Waals surface area (Å²) in [6.45, 7) is 3.58. The number of anilines is 2. The van der Waals surface area contributed by atoms with Gasteiger partial charge in [-0.3, -0.25) is 9.59 Å². The second-order valence-electron chi connectivity index (χ2n) is 7.86. The van der Waals surface area contributed by atoms with Gasteiger partial charge in [0.15, 0.2) is 6.61 Å². The van der Waals surface area contributed by atoms with Gasteiger partial charge >= 0.3 is 6.18 Å². The van der Waals surface area contributed by atoms with Crippen molar-refractivity contribution >= 4 is 29.3 Å². The largest absolute Gasteiger partial charge is 0.484 e. The van der Waals surface area contributed by atoms with Crippen LogP contribution in [-0.4, -0.2) is 18.4 Å². The number of halogens is 3. The van der Waals surface area contributed by atoms with E-state index in [9.17, 15) is 28.0 Å². The molecule has 3 rings (SSSR count). The van der Waals surface area contributed by atoms with Gasteiger partial charge in [-0.2, -0.15) is 18.4 Å². The zero-order valence-corrected chi connectivity index (χ0v) is 19.4. The van der Waals surface area contributed by atoms with E-state index < -0.39 is 17.6 Å². The third-order valence-electron chi connectivity index (χ3n) is 5.23. The first-order valence-electron chi connectivity index (χ1n) is 10.8. The number of carbonyl (C=O) groups excluding carboxylic acids is 2. The van der Waals surface area contributed by atoms with Crippen LogP contribution in [0, 0.1) is 25.2 Å². The number of alkyl halides is 3.